The maximum absolute atomic E-state index is 11.3. The molecular weight excluding hydrogens is 314 g/mol. The van der Waals surface area contributed by atoms with Crippen molar-refractivity contribution in [2.24, 2.45) is 0 Å². The molecule has 2 aromatic carbocycles. The van der Waals surface area contributed by atoms with Gasteiger partial charge in [0.25, 0.3) is 0 Å². The van der Waals surface area contributed by atoms with Crippen LogP contribution >= 0.6 is 15.9 Å². The van der Waals surface area contributed by atoms with E-state index >= 15 is 0 Å². The van der Waals surface area contributed by atoms with E-state index in [0.29, 0.717) is 0 Å². The Kier molecular flexibility index (Phi) is 4.74. The Labute approximate surface area is 127 Å². The SMILES string of the molecule is CC(=O)Nc1ccc(Br)cc1/C(C)=C/c1ccccc1. The van der Waals surface area contributed by atoms with E-state index < -0.39 is 0 Å². The number of amides is 1. The maximum atomic E-state index is 11.3. The number of anilines is 1. The van der Waals surface area contributed by atoms with Crippen molar-refractivity contribution in [1.29, 1.82) is 0 Å². The van der Waals surface area contributed by atoms with Crippen molar-refractivity contribution in [3.05, 3.63) is 64.1 Å². The first kappa shape index (κ1) is 14.5. The van der Waals surface area contributed by atoms with Crippen LogP contribution in [-0.4, -0.2) is 5.91 Å². The van der Waals surface area contributed by atoms with E-state index in [0.717, 1.165) is 26.9 Å². The van der Waals surface area contributed by atoms with Gasteiger partial charge >= 0.3 is 0 Å². The van der Waals surface area contributed by atoms with E-state index in [-0.39, 0.29) is 5.91 Å². The average molecular weight is 330 g/mol. The lowest BCUT2D eigenvalue weighted by atomic mass is 10.0. The molecule has 0 spiro atoms. The number of rotatable bonds is 3. The third kappa shape index (κ3) is 3.81. The number of carbonyl (C=O) groups excluding carboxylic acids is 1. The van der Waals surface area contributed by atoms with Crippen molar-refractivity contribution in [3.8, 4) is 0 Å². The molecule has 0 aliphatic heterocycles. The Morgan fingerprint density at radius 2 is 1.80 bits per heavy atom. The summed E-state index contributed by atoms with van der Waals surface area (Å²) in [5.74, 6) is -0.0684. The summed E-state index contributed by atoms with van der Waals surface area (Å²) in [4.78, 5) is 11.3. The number of hydrogen-bond donors (Lipinski definition) is 1. The molecule has 2 nitrogen and oxygen atoms in total. The lowest BCUT2D eigenvalue weighted by molar-refractivity contribution is -0.114. The lowest BCUT2D eigenvalue weighted by Gasteiger charge is -2.11. The third-order valence-corrected chi connectivity index (χ3v) is 3.39. The molecule has 0 unspecified atom stereocenters. The van der Waals surface area contributed by atoms with Crippen LogP contribution in [0.25, 0.3) is 11.6 Å². The van der Waals surface area contributed by atoms with Gasteiger partial charge in [0.05, 0.1) is 0 Å². The summed E-state index contributed by atoms with van der Waals surface area (Å²) in [6, 6.07) is 16.0. The molecule has 0 aliphatic rings. The van der Waals surface area contributed by atoms with Gasteiger partial charge in [-0.15, -0.1) is 0 Å². The largest absolute Gasteiger partial charge is 0.326 e. The summed E-state index contributed by atoms with van der Waals surface area (Å²) in [7, 11) is 0. The maximum Gasteiger partial charge on any atom is 0.221 e. The minimum atomic E-state index is -0.0684. The number of hydrogen-bond acceptors (Lipinski definition) is 1. The second kappa shape index (κ2) is 6.53. The highest BCUT2D eigenvalue weighted by atomic mass is 79.9. The average Bonchev–Trinajstić information content (AvgIpc) is 2.41. The van der Waals surface area contributed by atoms with E-state index in [1.807, 2.05) is 43.3 Å². The number of allylic oxidation sites excluding steroid dienone is 1. The minimum Gasteiger partial charge on any atom is -0.326 e. The Hall–Kier alpha value is -1.87. The predicted molar refractivity (Wildman–Crippen MR) is 88.4 cm³/mol. The molecule has 0 atom stereocenters. The van der Waals surface area contributed by atoms with Crippen molar-refractivity contribution < 1.29 is 4.79 Å². The topological polar surface area (TPSA) is 29.1 Å². The molecule has 0 saturated heterocycles. The molecule has 1 amide bonds. The summed E-state index contributed by atoms with van der Waals surface area (Å²) in [6.07, 6.45) is 2.10. The molecule has 3 heteroatoms. The van der Waals surface area contributed by atoms with Crippen molar-refractivity contribution in [3.63, 3.8) is 0 Å². The van der Waals surface area contributed by atoms with Crippen LogP contribution in [0.3, 0.4) is 0 Å². The van der Waals surface area contributed by atoms with E-state index in [4.69, 9.17) is 0 Å². The Morgan fingerprint density at radius 3 is 2.45 bits per heavy atom. The summed E-state index contributed by atoms with van der Waals surface area (Å²) < 4.78 is 0.988. The van der Waals surface area contributed by atoms with Crippen LogP contribution in [0.1, 0.15) is 25.0 Å². The standard InChI is InChI=1S/C17H16BrNO/c1-12(10-14-6-4-3-5-7-14)16-11-15(18)8-9-17(16)19-13(2)20/h3-11H,1-2H3,(H,19,20)/b12-10+. The molecule has 0 aromatic heterocycles. The normalized spacial score (nSPS) is 11.2. The van der Waals surface area contributed by atoms with Crippen LogP contribution in [0, 0.1) is 0 Å². The monoisotopic (exact) mass is 329 g/mol. The van der Waals surface area contributed by atoms with Gasteiger partial charge in [-0.2, -0.15) is 0 Å². The molecule has 0 bridgehead atoms. The molecule has 2 rings (SSSR count). The second-order valence-electron chi connectivity index (χ2n) is 4.61. The van der Waals surface area contributed by atoms with Crippen molar-refractivity contribution >= 4 is 39.2 Å². The fourth-order valence-electron chi connectivity index (χ4n) is 2.02. The number of nitrogens with one attached hydrogen (secondary N) is 1. The Morgan fingerprint density at radius 1 is 1.10 bits per heavy atom. The highest BCUT2D eigenvalue weighted by molar-refractivity contribution is 9.10. The molecular formula is C17H16BrNO. The van der Waals surface area contributed by atoms with Gasteiger partial charge in [-0.1, -0.05) is 52.3 Å². The van der Waals surface area contributed by atoms with Crippen molar-refractivity contribution in [1.82, 2.24) is 0 Å². The minimum absolute atomic E-state index is 0.0684. The van der Waals surface area contributed by atoms with Crippen LogP contribution in [0.15, 0.2) is 53.0 Å². The summed E-state index contributed by atoms with van der Waals surface area (Å²) in [5, 5.41) is 2.87. The van der Waals surface area contributed by atoms with Gasteiger partial charge in [-0.05, 0) is 36.3 Å². The van der Waals surface area contributed by atoms with Crippen LogP contribution in [-0.2, 0) is 4.79 Å². The van der Waals surface area contributed by atoms with E-state index in [2.05, 4.69) is 39.5 Å². The van der Waals surface area contributed by atoms with E-state index in [1.54, 1.807) is 0 Å². The summed E-state index contributed by atoms with van der Waals surface area (Å²) in [6.45, 7) is 3.56. The molecule has 0 fully saturated rings. The smallest absolute Gasteiger partial charge is 0.221 e. The number of halogens is 1. The van der Waals surface area contributed by atoms with Gasteiger partial charge in [0.15, 0.2) is 0 Å². The molecule has 20 heavy (non-hydrogen) atoms. The number of benzene rings is 2. The van der Waals surface area contributed by atoms with Gasteiger partial charge in [0, 0.05) is 22.6 Å². The molecule has 102 valence electrons. The van der Waals surface area contributed by atoms with Crippen molar-refractivity contribution in [2.45, 2.75) is 13.8 Å². The summed E-state index contributed by atoms with van der Waals surface area (Å²) >= 11 is 3.48. The highest BCUT2D eigenvalue weighted by Gasteiger charge is 2.07. The van der Waals surface area contributed by atoms with E-state index in [9.17, 15) is 4.79 Å². The number of carbonyl (C=O) groups is 1. The van der Waals surface area contributed by atoms with Gasteiger partial charge in [0.2, 0.25) is 5.91 Å². The zero-order valence-corrected chi connectivity index (χ0v) is 13.1. The molecule has 0 heterocycles. The molecule has 0 radical (unpaired) electrons. The molecule has 0 aliphatic carbocycles. The van der Waals surface area contributed by atoms with Crippen LogP contribution in [0.2, 0.25) is 0 Å². The second-order valence-corrected chi connectivity index (χ2v) is 5.52. The zero-order chi connectivity index (χ0) is 14.5. The molecule has 2 aromatic rings. The van der Waals surface area contributed by atoms with Crippen LogP contribution < -0.4 is 5.32 Å². The fraction of sp³-hybridized carbons (Fsp3) is 0.118. The van der Waals surface area contributed by atoms with Crippen LogP contribution in [0.4, 0.5) is 5.69 Å². The first-order chi connectivity index (χ1) is 9.56. The Bertz CT molecular complexity index is 647. The zero-order valence-electron chi connectivity index (χ0n) is 11.5. The Balaban J connectivity index is 2.42. The quantitative estimate of drug-likeness (QED) is 0.791. The van der Waals surface area contributed by atoms with Crippen LogP contribution in [0.5, 0.6) is 0 Å². The first-order valence-corrected chi connectivity index (χ1v) is 7.16. The summed E-state index contributed by atoms with van der Waals surface area (Å²) in [5.41, 5.74) is 4.07. The lowest BCUT2D eigenvalue weighted by Crippen LogP contribution is -2.07. The van der Waals surface area contributed by atoms with Gasteiger partial charge in [0.1, 0.15) is 0 Å². The van der Waals surface area contributed by atoms with Gasteiger partial charge in [-0.25, -0.2) is 0 Å². The van der Waals surface area contributed by atoms with E-state index in [1.165, 1.54) is 6.92 Å². The third-order valence-electron chi connectivity index (χ3n) is 2.90. The highest BCUT2D eigenvalue weighted by Crippen LogP contribution is 2.28. The fourth-order valence-corrected chi connectivity index (χ4v) is 2.38. The molecule has 0 saturated carbocycles. The molecule has 1 N–H and O–H groups in total. The first-order valence-electron chi connectivity index (χ1n) is 6.37. The van der Waals surface area contributed by atoms with Gasteiger partial charge < -0.3 is 5.32 Å². The van der Waals surface area contributed by atoms with Crippen molar-refractivity contribution in [2.75, 3.05) is 5.32 Å². The predicted octanol–water partition coefficient (Wildman–Crippen LogP) is 4.97. The van der Waals surface area contributed by atoms with Gasteiger partial charge in [-0.3, -0.25) is 4.79 Å².